The Morgan fingerprint density at radius 3 is 1.92 bits per heavy atom. The monoisotopic (exact) mass is 794 g/mol. The number of benzene rings is 9. The van der Waals surface area contributed by atoms with Gasteiger partial charge < -0.3 is 8.98 Å². The standard InChI is InChI=1S/C55H30N4OS/c1-2-12-32(13-3-1)53-56-54(41-22-9-20-39-36-17-6-7-25-46(36)60-51(39)41)58-55(57-53)42-23-10-21-40-43-30-33(27-29-47(43)61-52(40)42)59-44-24-11-19-38-35-16-5-4-15-34(35)37-18-8-14-31-26-28-45(59)50(48(31)37)49(38)44/h1-30H. The van der Waals surface area contributed by atoms with Crippen molar-refractivity contribution in [1.29, 1.82) is 0 Å². The Balaban J connectivity index is 0.989. The molecule has 61 heavy (non-hydrogen) atoms. The Kier molecular flexibility index (Phi) is 6.65. The average molecular weight is 795 g/mol. The molecular weight excluding hydrogens is 765 g/mol. The fourth-order valence-electron chi connectivity index (χ4n) is 9.96. The lowest BCUT2D eigenvalue weighted by Crippen LogP contribution is -2.00. The second-order valence-electron chi connectivity index (χ2n) is 15.9. The van der Waals surface area contributed by atoms with Crippen molar-refractivity contribution in [2.24, 2.45) is 0 Å². The zero-order valence-corrected chi connectivity index (χ0v) is 33.2. The second kappa shape index (κ2) is 12.3. The van der Waals surface area contributed by atoms with Crippen LogP contribution >= 0.6 is 11.3 Å². The van der Waals surface area contributed by atoms with Gasteiger partial charge in [0.25, 0.3) is 0 Å². The van der Waals surface area contributed by atoms with Crippen molar-refractivity contribution in [3.8, 4) is 62.1 Å². The number of aromatic nitrogens is 4. The molecular formula is C55H30N4OS. The molecule has 14 rings (SSSR count). The van der Waals surface area contributed by atoms with Crippen molar-refractivity contribution in [3.05, 3.63) is 182 Å². The van der Waals surface area contributed by atoms with Crippen LogP contribution in [0, 0.1) is 0 Å². The van der Waals surface area contributed by atoms with E-state index < -0.39 is 0 Å². The predicted octanol–water partition coefficient (Wildman–Crippen LogP) is 15.0. The summed E-state index contributed by atoms with van der Waals surface area (Å²) < 4.78 is 11.3. The molecule has 0 aliphatic heterocycles. The SMILES string of the molecule is c1ccc(-c2nc(-c3cccc4c3oc3ccccc34)nc(-c3cccc4c3sc3ccc(-n5c6cccc7c6c6c8c(cccc8ccc65)-c5ccccc5-7)cc34)n2)cc1. The third kappa shape index (κ3) is 4.62. The van der Waals surface area contributed by atoms with Crippen molar-refractivity contribution in [1.82, 2.24) is 19.5 Å². The van der Waals surface area contributed by atoms with Crippen molar-refractivity contribution in [2.75, 3.05) is 0 Å². The Morgan fingerprint density at radius 1 is 0.410 bits per heavy atom. The maximum Gasteiger partial charge on any atom is 0.167 e. The molecule has 13 aromatic rings. The summed E-state index contributed by atoms with van der Waals surface area (Å²) in [7, 11) is 0. The van der Waals surface area contributed by atoms with Crippen LogP contribution in [0.15, 0.2) is 186 Å². The molecule has 0 atom stereocenters. The largest absolute Gasteiger partial charge is 0.455 e. The highest BCUT2D eigenvalue weighted by Crippen LogP contribution is 2.50. The van der Waals surface area contributed by atoms with Crippen LogP contribution in [0.1, 0.15) is 0 Å². The van der Waals surface area contributed by atoms with Gasteiger partial charge in [-0.05, 0) is 81.6 Å². The number of hydrogen-bond donors (Lipinski definition) is 0. The van der Waals surface area contributed by atoms with Crippen molar-refractivity contribution in [3.63, 3.8) is 0 Å². The summed E-state index contributed by atoms with van der Waals surface area (Å²) in [5.74, 6) is 1.82. The third-order valence-corrected chi connectivity index (χ3v) is 13.8. The van der Waals surface area contributed by atoms with Gasteiger partial charge in [0.15, 0.2) is 17.5 Å². The summed E-state index contributed by atoms with van der Waals surface area (Å²) >= 11 is 1.78. The van der Waals surface area contributed by atoms with Gasteiger partial charge in [-0.15, -0.1) is 11.3 Å². The minimum Gasteiger partial charge on any atom is -0.455 e. The molecule has 1 aliphatic rings. The summed E-state index contributed by atoms with van der Waals surface area (Å²) in [6.07, 6.45) is 0. The first-order valence-electron chi connectivity index (χ1n) is 20.5. The molecule has 9 aromatic carbocycles. The van der Waals surface area contributed by atoms with E-state index in [1.165, 1.54) is 70.3 Å². The second-order valence-corrected chi connectivity index (χ2v) is 16.9. The Hall–Kier alpha value is -7.93. The number of thiophene rings is 1. The highest BCUT2D eigenvalue weighted by molar-refractivity contribution is 7.26. The molecule has 0 bridgehead atoms. The van der Waals surface area contributed by atoms with E-state index in [1.54, 1.807) is 11.3 Å². The highest BCUT2D eigenvalue weighted by Gasteiger charge is 2.25. The van der Waals surface area contributed by atoms with Crippen LogP contribution in [0.25, 0.3) is 137 Å². The minimum absolute atomic E-state index is 0.575. The van der Waals surface area contributed by atoms with Crippen LogP contribution in [-0.2, 0) is 0 Å². The summed E-state index contributed by atoms with van der Waals surface area (Å²) in [6, 6.07) is 64.9. The minimum atomic E-state index is 0.575. The maximum atomic E-state index is 6.49. The lowest BCUT2D eigenvalue weighted by molar-refractivity contribution is 0.669. The van der Waals surface area contributed by atoms with Gasteiger partial charge in [0.2, 0.25) is 0 Å². The average Bonchev–Trinajstić information content (AvgIpc) is 3.98. The quantitative estimate of drug-likeness (QED) is 0.178. The van der Waals surface area contributed by atoms with E-state index in [9.17, 15) is 0 Å². The number of furan rings is 1. The topological polar surface area (TPSA) is 56.7 Å². The fourth-order valence-corrected chi connectivity index (χ4v) is 11.2. The zero-order chi connectivity index (χ0) is 39.8. The lowest BCUT2D eigenvalue weighted by Gasteiger charge is -2.13. The molecule has 0 amide bonds. The molecule has 0 N–H and O–H groups in total. The zero-order valence-electron chi connectivity index (χ0n) is 32.4. The molecule has 6 heteroatoms. The van der Waals surface area contributed by atoms with E-state index in [2.05, 4.69) is 144 Å². The molecule has 0 saturated heterocycles. The van der Waals surface area contributed by atoms with Gasteiger partial charge in [0, 0.05) is 58.5 Å². The van der Waals surface area contributed by atoms with Crippen molar-refractivity contribution < 1.29 is 4.42 Å². The molecule has 5 nitrogen and oxygen atoms in total. The van der Waals surface area contributed by atoms with E-state index in [-0.39, 0.29) is 0 Å². The number of para-hydroxylation sites is 2. The Bertz CT molecular complexity index is 4010. The van der Waals surface area contributed by atoms with Gasteiger partial charge in [-0.3, -0.25) is 0 Å². The van der Waals surface area contributed by atoms with E-state index in [4.69, 9.17) is 19.4 Å². The molecule has 0 saturated carbocycles. The molecule has 4 aromatic heterocycles. The van der Waals surface area contributed by atoms with Crippen molar-refractivity contribution >= 4 is 86.0 Å². The van der Waals surface area contributed by atoms with E-state index >= 15 is 0 Å². The molecule has 0 fully saturated rings. The Morgan fingerprint density at radius 2 is 1.05 bits per heavy atom. The highest BCUT2D eigenvalue weighted by atomic mass is 32.1. The van der Waals surface area contributed by atoms with Crippen LogP contribution in [0.2, 0.25) is 0 Å². The number of nitrogens with zero attached hydrogens (tertiary/aromatic N) is 4. The summed E-state index contributed by atoms with van der Waals surface area (Å²) in [5.41, 5.74) is 13.0. The van der Waals surface area contributed by atoms with E-state index in [0.717, 1.165) is 49.0 Å². The molecule has 1 aliphatic carbocycles. The number of fused-ring (bicyclic) bond motifs is 9. The summed E-state index contributed by atoms with van der Waals surface area (Å²) in [5, 5.41) is 9.67. The number of rotatable bonds is 4. The van der Waals surface area contributed by atoms with Gasteiger partial charge in [0.1, 0.15) is 11.2 Å². The summed E-state index contributed by atoms with van der Waals surface area (Å²) in [4.78, 5) is 15.5. The van der Waals surface area contributed by atoms with Crippen molar-refractivity contribution in [2.45, 2.75) is 0 Å². The lowest BCUT2D eigenvalue weighted by atomic mass is 9.93. The first-order chi connectivity index (χ1) is 30.2. The molecule has 0 unspecified atom stereocenters. The molecule has 282 valence electrons. The Labute approximate surface area is 352 Å². The van der Waals surface area contributed by atoms with Gasteiger partial charge in [0.05, 0.1) is 16.6 Å². The van der Waals surface area contributed by atoms with E-state index in [1.807, 2.05) is 42.5 Å². The number of hydrogen-bond acceptors (Lipinski definition) is 5. The van der Waals surface area contributed by atoms with Gasteiger partial charge in [-0.2, -0.15) is 0 Å². The maximum absolute atomic E-state index is 6.49. The smallest absolute Gasteiger partial charge is 0.167 e. The van der Waals surface area contributed by atoms with Gasteiger partial charge in [-0.25, -0.2) is 15.0 Å². The molecule has 4 heterocycles. The van der Waals surface area contributed by atoms with Crippen LogP contribution in [0.5, 0.6) is 0 Å². The predicted molar refractivity (Wildman–Crippen MR) is 253 cm³/mol. The first kappa shape index (κ1) is 33.0. The molecule has 0 radical (unpaired) electrons. The van der Waals surface area contributed by atoms with E-state index in [0.29, 0.717) is 17.5 Å². The molecule has 0 spiro atoms. The third-order valence-electron chi connectivity index (χ3n) is 12.6. The first-order valence-corrected chi connectivity index (χ1v) is 21.3. The van der Waals surface area contributed by atoms with Gasteiger partial charge >= 0.3 is 0 Å². The van der Waals surface area contributed by atoms with Crippen LogP contribution in [0.4, 0.5) is 0 Å². The van der Waals surface area contributed by atoms with Crippen LogP contribution in [-0.4, -0.2) is 19.5 Å². The van der Waals surface area contributed by atoms with Crippen LogP contribution in [0.3, 0.4) is 0 Å². The summed E-state index contributed by atoms with van der Waals surface area (Å²) in [6.45, 7) is 0. The fraction of sp³-hybridized carbons (Fsp3) is 0. The van der Waals surface area contributed by atoms with Crippen LogP contribution < -0.4 is 0 Å². The van der Waals surface area contributed by atoms with Gasteiger partial charge in [-0.1, -0.05) is 133 Å². The normalized spacial score (nSPS) is 12.3.